The Balaban J connectivity index is 2.20. The molecule has 0 aliphatic rings. The van der Waals surface area contributed by atoms with Crippen LogP contribution in [0, 0.1) is 0 Å². The van der Waals surface area contributed by atoms with E-state index in [4.69, 9.17) is 11.6 Å². The molecular weight excluding hydrogens is 344 g/mol. The van der Waals surface area contributed by atoms with Crippen LogP contribution in [0.4, 0.5) is 0 Å². The van der Waals surface area contributed by atoms with Crippen molar-refractivity contribution in [3.63, 3.8) is 0 Å². The molecule has 0 amide bonds. The van der Waals surface area contributed by atoms with Crippen LogP contribution in [-0.4, -0.2) is 9.78 Å². The molecule has 0 fully saturated rings. The molecule has 0 radical (unpaired) electrons. The second-order valence-corrected chi connectivity index (χ2v) is 6.31. The van der Waals surface area contributed by atoms with Gasteiger partial charge in [-0.3, -0.25) is 4.68 Å². The van der Waals surface area contributed by atoms with Crippen molar-refractivity contribution in [3.05, 3.63) is 45.1 Å². The zero-order valence-corrected chi connectivity index (χ0v) is 14.1. The molecule has 102 valence electrons. The van der Waals surface area contributed by atoms with Crippen molar-refractivity contribution in [2.45, 2.75) is 37.5 Å². The van der Waals surface area contributed by atoms with Crippen molar-refractivity contribution in [2.24, 2.45) is 0 Å². The number of halogens is 2. The highest BCUT2D eigenvalue weighted by molar-refractivity contribution is 9.10. The first-order chi connectivity index (χ1) is 9.17. The van der Waals surface area contributed by atoms with Gasteiger partial charge in [-0.25, -0.2) is 0 Å². The smallest absolute Gasteiger partial charge is 0.0767 e. The Hall–Kier alpha value is -0.450. The maximum atomic E-state index is 6.18. The summed E-state index contributed by atoms with van der Waals surface area (Å²) < 4.78 is 3.20. The predicted molar refractivity (Wildman–Crippen MR) is 86.0 cm³/mol. The summed E-state index contributed by atoms with van der Waals surface area (Å²) >= 11 is 11.6. The third kappa shape index (κ3) is 3.36. The summed E-state index contributed by atoms with van der Waals surface area (Å²) in [6, 6.07) is 7.94. The fourth-order valence-corrected chi connectivity index (χ4v) is 4.02. The molecule has 1 heterocycles. The summed E-state index contributed by atoms with van der Waals surface area (Å²) in [6.45, 7) is 5.12. The summed E-state index contributed by atoms with van der Waals surface area (Å²) in [7, 11) is 0. The number of aromatic nitrogens is 2. The summed E-state index contributed by atoms with van der Waals surface area (Å²) in [4.78, 5) is 1.11. The molecule has 2 rings (SSSR count). The van der Waals surface area contributed by atoms with Crippen LogP contribution in [0.25, 0.3) is 0 Å². The van der Waals surface area contributed by atoms with Crippen molar-refractivity contribution in [1.29, 1.82) is 0 Å². The minimum atomic E-state index is 0.807. The van der Waals surface area contributed by atoms with Crippen LogP contribution in [0.1, 0.15) is 25.2 Å². The third-order valence-electron chi connectivity index (χ3n) is 2.90. The van der Waals surface area contributed by atoms with Crippen LogP contribution >= 0.6 is 39.3 Å². The van der Waals surface area contributed by atoms with Gasteiger partial charge in [0.1, 0.15) is 0 Å². The number of hydrogen-bond donors (Lipinski definition) is 0. The summed E-state index contributed by atoms with van der Waals surface area (Å²) in [5, 5.41) is 5.41. The highest BCUT2D eigenvalue weighted by atomic mass is 79.9. The van der Waals surface area contributed by atoms with E-state index in [1.165, 1.54) is 5.69 Å². The lowest BCUT2D eigenvalue weighted by Crippen LogP contribution is -2.01. The van der Waals surface area contributed by atoms with Crippen molar-refractivity contribution < 1.29 is 0 Å². The fraction of sp³-hybridized carbons (Fsp3) is 0.357. The fourth-order valence-electron chi connectivity index (χ4n) is 1.86. The van der Waals surface area contributed by atoms with E-state index in [1.807, 2.05) is 24.3 Å². The average molecular weight is 360 g/mol. The normalized spacial score (nSPS) is 10.9. The molecule has 2 aromatic rings. The van der Waals surface area contributed by atoms with Gasteiger partial charge in [0.15, 0.2) is 0 Å². The van der Waals surface area contributed by atoms with E-state index in [1.54, 1.807) is 11.8 Å². The second kappa shape index (κ2) is 6.82. The highest BCUT2D eigenvalue weighted by Gasteiger charge is 2.14. The molecule has 5 heteroatoms. The molecule has 0 aliphatic heterocycles. The van der Waals surface area contributed by atoms with E-state index in [9.17, 15) is 0 Å². The van der Waals surface area contributed by atoms with Gasteiger partial charge in [-0.1, -0.05) is 30.7 Å². The summed E-state index contributed by atoms with van der Waals surface area (Å²) in [5.74, 6) is 0.866. The molecule has 0 bridgehead atoms. The molecule has 0 N–H and O–H groups in total. The van der Waals surface area contributed by atoms with Gasteiger partial charge in [0, 0.05) is 17.2 Å². The Morgan fingerprint density at radius 1 is 1.32 bits per heavy atom. The predicted octanol–water partition coefficient (Wildman–Crippen LogP) is 5.17. The molecule has 0 unspecified atom stereocenters. The molecule has 0 saturated carbocycles. The van der Waals surface area contributed by atoms with Crippen LogP contribution in [0.15, 0.2) is 33.6 Å². The zero-order chi connectivity index (χ0) is 13.8. The summed E-state index contributed by atoms with van der Waals surface area (Å²) in [5.41, 5.74) is 2.35. The number of benzene rings is 1. The van der Waals surface area contributed by atoms with Crippen molar-refractivity contribution >= 4 is 39.3 Å². The van der Waals surface area contributed by atoms with Crippen LogP contribution in [0.5, 0.6) is 0 Å². The van der Waals surface area contributed by atoms with Gasteiger partial charge in [0.2, 0.25) is 0 Å². The van der Waals surface area contributed by atoms with Gasteiger partial charge < -0.3 is 0 Å². The lowest BCUT2D eigenvalue weighted by atomic mass is 10.3. The van der Waals surface area contributed by atoms with Gasteiger partial charge in [0.25, 0.3) is 0 Å². The van der Waals surface area contributed by atoms with E-state index in [0.29, 0.717) is 0 Å². The van der Waals surface area contributed by atoms with Gasteiger partial charge in [-0.2, -0.15) is 5.10 Å². The third-order valence-corrected chi connectivity index (χ3v) is 5.34. The zero-order valence-electron chi connectivity index (χ0n) is 11.0. The minimum Gasteiger partial charge on any atom is -0.268 e. The van der Waals surface area contributed by atoms with E-state index >= 15 is 0 Å². The molecule has 0 atom stereocenters. The first-order valence-corrected chi connectivity index (χ1v) is 8.44. The molecule has 1 aromatic carbocycles. The number of hydrogen-bond acceptors (Lipinski definition) is 2. The summed E-state index contributed by atoms with van der Waals surface area (Å²) in [6.07, 6.45) is 0.942. The van der Waals surface area contributed by atoms with Crippen molar-refractivity contribution in [1.82, 2.24) is 9.78 Å². The van der Waals surface area contributed by atoms with Crippen LogP contribution in [0.3, 0.4) is 0 Å². The van der Waals surface area contributed by atoms with Gasteiger partial charge in [-0.05, 0) is 41.4 Å². The Morgan fingerprint density at radius 3 is 2.68 bits per heavy atom. The maximum Gasteiger partial charge on any atom is 0.0767 e. The SMILES string of the molecule is CCc1nn(CC)c(CSc2ccccc2Cl)c1Br. The molecule has 0 aliphatic carbocycles. The Morgan fingerprint density at radius 2 is 2.05 bits per heavy atom. The van der Waals surface area contributed by atoms with Crippen LogP contribution in [-0.2, 0) is 18.7 Å². The Kier molecular flexibility index (Phi) is 5.37. The Labute approximate surface area is 131 Å². The van der Waals surface area contributed by atoms with Crippen molar-refractivity contribution in [2.75, 3.05) is 0 Å². The Bertz CT molecular complexity index is 569. The lowest BCUT2D eigenvalue weighted by Gasteiger charge is -2.06. The molecule has 2 nitrogen and oxygen atoms in total. The quantitative estimate of drug-likeness (QED) is 0.685. The van der Waals surface area contributed by atoms with Gasteiger partial charge in [0.05, 0.1) is 20.9 Å². The van der Waals surface area contributed by atoms with E-state index in [2.05, 4.69) is 39.6 Å². The van der Waals surface area contributed by atoms with E-state index in [0.717, 1.165) is 38.8 Å². The van der Waals surface area contributed by atoms with Gasteiger partial charge in [-0.15, -0.1) is 11.8 Å². The lowest BCUT2D eigenvalue weighted by molar-refractivity contribution is 0.627. The van der Waals surface area contributed by atoms with E-state index < -0.39 is 0 Å². The van der Waals surface area contributed by atoms with E-state index in [-0.39, 0.29) is 0 Å². The number of nitrogens with zero attached hydrogens (tertiary/aromatic N) is 2. The highest BCUT2D eigenvalue weighted by Crippen LogP contribution is 2.32. The monoisotopic (exact) mass is 358 g/mol. The average Bonchev–Trinajstić information content (AvgIpc) is 2.74. The first kappa shape index (κ1) is 14.9. The molecular formula is C14H16BrClN2S. The second-order valence-electron chi connectivity index (χ2n) is 4.10. The number of rotatable bonds is 5. The van der Waals surface area contributed by atoms with Crippen LogP contribution < -0.4 is 0 Å². The maximum absolute atomic E-state index is 6.18. The first-order valence-electron chi connectivity index (χ1n) is 6.28. The standard InChI is InChI=1S/C14H16BrClN2S/c1-3-11-14(15)12(18(4-2)17-11)9-19-13-8-6-5-7-10(13)16/h5-8H,3-4,9H2,1-2H3. The largest absolute Gasteiger partial charge is 0.268 e. The number of aryl methyl sites for hydroxylation is 2. The molecule has 1 aromatic heterocycles. The molecule has 0 spiro atoms. The number of thioether (sulfide) groups is 1. The topological polar surface area (TPSA) is 17.8 Å². The van der Waals surface area contributed by atoms with Crippen molar-refractivity contribution in [3.8, 4) is 0 Å². The molecule has 19 heavy (non-hydrogen) atoms. The van der Waals surface area contributed by atoms with Crippen LogP contribution in [0.2, 0.25) is 5.02 Å². The minimum absolute atomic E-state index is 0.807. The van der Waals surface area contributed by atoms with Gasteiger partial charge >= 0.3 is 0 Å². The molecule has 0 saturated heterocycles.